The molecular formula is C13H25NO4S. The van der Waals surface area contributed by atoms with E-state index in [1.165, 1.54) is 0 Å². The molecule has 0 atom stereocenters. The molecule has 0 amide bonds. The van der Waals surface area contributed by atoms with Crippen molar-refractivity contribution in [2.24, 2.45) is 0 Å². The second kappa shape index (κ2) is 8.53. The summed E-state index contributed by atoms with van der Waals surface area (Å²) in [6, 6.07) is 0.341. The Morgan fingerprint density at radius 1 is 1.21 bits per heavy atom. The minimum atomic E-state index is -2.76. The van der Waals surface area contributed by atoms with Crippen LogP contribution >= 0.6 is 0 Å². The van der Waals surface area contributed by atoms with Crippen molar-refractivity contribution < 1.29 is 17.9 Å². The molecule has 19 heavy (non-hydrogen) atoms. The number of hydrogen-bond acceptors (Lipinski definition) is 5. The highest BCUT2D eigenvalue weighted by Crippen LogP contribution is 2.12. The van der Waals surface area contributed by atoms with E-state index in [0.29, 0.717) is 30.6 Å². The zero-order chi connectivity index (χ0) is 14.1. The van der Waals surface area contributed by atoms with E-state index in [1.54, 1.807) is 0 Å². The highest BCUT2D eigenvalue weighted by atomic mass is 32.2. The van der Waals surface area contributed by atoms with Crippen LogP contribution in [0.3, 0.4) is 0 Å². The molecule has 5 nitrogen and oxygen atoms in total. The van der Waals surface area contributed by atoms with Gasteiger partial charge < -0.3 is 10.1 Å². The van der Waals surface area contributed by atoms with Crippen LogP contribution in [0.1, 0.15) is 45.4 Å². The predicted molar refractivity (Wildman–Crippen MR) is 74.8 cm³/mol. The van der Waals surface area contributed by atoms with Gasteiger partial charge in [-0.3, -0.25) is 4.79 Å². The van der Waals surface area contributed by atoms with Crippen molar-refractivity contribution in [1.82, 2.24) is 5.32 Å². The number of nitrogens with one attached hydrogen (secondary N) is 1. The standard InChI is InChI=1S/C13H25NO4S/c1-2-18-13(15)6-4-3-5-9-14-12-7-10-19(16,17)11-8-12/h12,14H,2-11H2,1H3. The van der Waals surface area contributed by atoms with Crippen LogP contribution in [0, 0.1) is 0 Å². The fourth-order valence-electron chi connectivity index (χ4n) is 2.20. The van der Waals surface area contributed by atoms with Crippen molar-refractivity contribution in [2.45, 2.75) is 51.5 Å². The first kappa shape index (κ1) is 16.4. The molecule has 112 valence electrons. The van der Waals surface area contributed by atoms with E-state index in [-0.39, 0.29) is 5.97 Å². The molecule has 0 saturated carbocycles. The summed E-state index contributed by atoms with van der Waals surface area (Å²) >= 11 is 0. The molecule has 0 aliphatic carbocycles. The van der Waals surface area contributed by atoms with Gasteiger partial charge in [-0.1, -0.05) is 6.42 Å². The van der Waals surface area contributed by atoms with Gasteiger partial charge >= 0.3 is 5.97 Å². The lowest BCUT2D eigenvalue weighted by atomic mass is 10.1. The van der Waals surface area contributed by atoms with E-state index < -0.39 is 9.84 Å². The summed E-state index contributed by atoms with van der Waals surface area (Å²) < 4.78 is 27.4. The van der Waals surface area contributed by atoms with Gasteiger partial charge in [0, 0.05) is 12.5 Å². The SMILES string of the molecule is CCOC(=O)CCCCCNC1CCS(=O)(=O)CC1. The van der Waals surface area contributed by atoms with E-state index in [4.69, 9.17) is 4.74 Å². The van der Waals surface area contributed by atoms with Crippen molar-refractivity contribution in [1.29, 1.82) is 0 Å². The normalized spacial score (nSPS) is 19.2. The predicted octanol–water partition coefficient (Wildman–Crippen LogP) is 1.28. The Labute approximate surface area is 116 Å². The average molecular weight is 291 g/mol. The number of carbonyl (C=O) groups excluding carboxylic acids is 1. The molecule has 1 aliphatic heterocycles. The molecule has 1 saturated heterocycles. The second-order valence-electron chi connectivity index (χ2n) is 5.00. The van der Waals surface area contributed by atoms with Gasteiger partial charge in [0.2, 0.25) is 0 Å². The Morgan fingerprint density at radius 3 is 2.53 bits per heavy atom. The quantitative estimate of drug-likeness (QED) is 0.539. The fourth-order valence-corrected chi connectivity index (χ4v) is 3.70. The maximum absolute atomic E-state index is 11.3. The van der Waals surface area contributed by atoms with Crippen LogP contribution in [0.25, 0.3) is 0 Å². The average Bonchev–Trinajstić information content (AvgIpc) is 2.35. The first-order valence-corrected chi connectivity index (χ1v) is 8.95. The van der Waals surface area contributed by atoms with Gasteiger partial charge in [0.15, 0.2) is 0 Å². The lowest BCUT2D eigenvalue weighted by molar-refractivity contribution is -0.143. The molecule has 1 rings (SSSR count). The number of rotatable bonds is 8. The van der Waals surface area contributed by atoms with E-state index in [0.717, 1.165) is 38.6 Å². The summed E-state index contributed by atoms with van der Waals surface area (Å²) in [5.74, 6) is 0.508. The number of sulfone groups is 1. The summed E-state index contributed by atoms with van der Waals surface area (Å²) in [5, 5.41) is 3.39. The summed E-state index contributed by atoms with van der Waals surface area (Å²) in [7, 11) is -2.76. The van der Waals surface area contributed by atoms with Crippen LogP contribution in [0.5, 0.6) is 0 Å². The Balaban J connectivity index is 1.96. The zero-order valence-electron chi connectivity index (χ0n) is 11.7. The molecule has 1 N–H and O–H groups in total. The summed E-state index contributed by atoms with van der Waals surface area (Å²) in [5.41, 5.74) is 0. The van der Waals surface area contributed by atoms with Crippen molar-refractivity contribution in [3.63, 3.8) is 0 Å². The minimum Gasteiger partial charge on any atom is -0.466 e. The zero-order valence-corrected chi connectivity index (χ0v) is 12.5. The van der Waals surface area contributed by atoms with Gasteiger partial charge in [-0.05, 0) is 39.2 Å². The monoisotopic (exact) mass is 291 g/mol. The largest absolute Gasteiger partial charge is 0.466 e. The summed E-state index contributed by atoms with van der Waals surface area (Å²) in [6.45, 7) is 3.16. The lowest BCUT2D eigenvalue weighted by Gasteiger charge is -2.23. The van der Waals surface area contributed by atoms with Crippen molar-refractivity contribution >= 4 is 15.8 Å². The van der Waals surface area contributed by atoms with Gasteiger partial charge in [0.05, 0.1) is 18.1 Å². The third kappa shape index (κ3) is 7.52. The first-order valence-electron chi connectivity index (χ1n) is 7.13. The van der Waals surface area contributed by atoms with Gasteiger partial charge in [0.25, 0.3) is 0 Å². The Hall–Kier alpha value is -0.620. The molecule has 6 heteroatoms. The molecular weight excluding hydrogens is 266 g/mol. The molecule has 1 heterocycles. The highest BCUT2D eigenvalue weighted by molar-refractivity contribution is 7.91. The highest BCUT2D eigenvalue weighted by Gasteiger charge is 2.22. The van der Waals surface area contributed by atoms with Gasteiger partial charge in [-0.2, -0.15) is 0 Å². The van der Waals surface area contributed by atoms with E-state index in [1.807, 2.05) is 6.92 Å². The summed E-state index contributed by atoms with van der Waals surface area (Å²) in [4.78, 5) is 11.1. The molecule has 0 spiro atoms. The number of unbranched alkanes of at least 4 members (excludes halogenated alkanes) is 2. The van der Waals surface area contributed by atoms with Crippen molar-refractivity contribution in [3.8, 4) is 0 Å². The minimum absolute atomic E-state index is 0.118. The van der Waals surface area contributed by atoms with Crippen molar-refractivity contribution in [2.75, 3.05) is 24.7 Å². The van der Waals surface area contributed by atoms with Crippen molar-refractivity contribution in [3.05, 3.63) is 0 Å². The molecule has 1 fully saturated rings. The molecule has 0 radical (unpaired) electrons. The molecule has 1 aliphatic rings. The molecule has 0 unspecified atom stereocenters. The maximum Gasteiger partial charge on any atom is 0.305 e. The van der Waals surface area contributed by atoms with Gasteiger partial charge in [-0.15, -0.1) is 0 Å². The fraction of sp³-hybridized carbons (Fsp3) is 0.923. The third-order valence-electron chi connectivity index (χ3n) is 3.35. The lowest BCUT2D eigenvalue weighted by Crippen LogP contribution is -2.37. The van der Waals surface area contributed by atoms with E-state index in [2.05, 4.69) is 5.32 Å². The van der Waals surface area contributed by atoms with Crippen LogP contribution < -0.4 is 5.32 Å². The van der Waals surface area contributed by atoms with Crippen LogP contribution in [0.15, 0.2) is 0 Å². The second-order valence-corrected chi connectivity index (χ2v) is 7.30. The van der Waals surface area contributed by atoms with Gasteiger partial charge in [-0.25, -0.2) is 8.42 Å². The number of esters is 1. The number of carbonyl (C=O) groups is 1. The molecule has 0 aromatic carbocycles. The Morgan fingerprint density at radius 2 is 1.89 bits per heavy atom. The van der Waals surface area contributed by atoms with E-state index in [9.17, 15) is 13.2 Å². The first-order chi connectivity index (χ1) is 9.03. The van der Waals surface area contributed by atoms with Crippen LogP contribution in [-0.2, 0) is 19.4 Å². The Bertz CT molecular complexity index is 353. The molecule has 0 bridgehead atoms. The Kier molecular flexibility index (Phi) is 7.38. The molecule has 0 aromatic rings. The number of hydrogen-bond donors (Lipinski definition) is 1. The molecule has 0 aromatic heterocycles. The topological polar surface area (TPSA) is 72.5 Å². The summed E-state index contributed by atoms with van der Waals surface area (Å²) in [6.07, 6.45) is 4.82. The smallest absolute Gasteiger partial charge is 0.305 e. The number of ether oxygens (including phenoxy) is 1. The maximum atomic E-state index is 11.3. The third-order valence-corrected chi connectivity index (χ3v) is 5.07. The van der Waals surface area contributed by atoms with E-state index >= 15 is 0 Å². The van der Waals surface area contributed by atoms with Crippen LogP contribution in [0.2, 0.25) is 0 Å². The van der Waals surface area contributed by atoms with Crippen LogP contribution in [0.4, 0.5) is 0 Å². The van der Waals surface area contributed by atoms with Gasteiger partial charge in [0.1, 0.15) is 9.84 Å². The van der Waals surface area contributed by atoms with Crippen LogP contribution in [-0.4, -0.2) is 45.1 Å².